The number of nitrogens with two attached hydrogens (primary N) is 1. The molecule has 0 saturated heterocycles. The van der Waals surface area contributed by atoms with Gasteiger partial charge in [0.05, 0.1) is 0 Å². The molecule has 0 radical (unpaired) electrons. The van der Waals surface area contributed by atoms with E-state index in [1.54, 1.807) is 6.07 Å². The molecule has 0 aliphatic carbocycles. The first-order valence-corrected chi connectivity index (χ1v) is 3.36. The van der Waals surface area contributed by atoms with Crippen LogP contribution >= 0.6 is 0 Å². The minimum Gasteiger partial charge on any atom is -0.353 e. The molecule has 0 spiro atoms. The first-order chi connectivity index (χ1) is 5.95. The van der Waals surface area contributed by atoms with E-state index in [0.717, 1.165) is 12.3 Å². The predicted molar refractivity (Wildman–Crippen MR) is 38.5 cm³/mol. The molecule has 0 bridgehead atoms. The first-order valence-electron chi connectivity index (χ1n) is 3.36. The fraction of sp³-hybridized carbons (Fsp3) is 0.286. The molecule has 3 N–H and O–H groups in total. The summed E-state index contributed by atoms with van der Waals surface area (Å²) in [5, 5.41) is 8.33. The van der Waals surface area contributed by atoms with Gasteiger partial charge in [-0.25, -0.2) is 0 Å². The van der Waals surface area contributed by atoms with Crippen molar-refractivity contribution in [2.24, 2.45) is 5.73 Å². The van der Waals surface area contributed by atoms with E-state index in [0.29, 0.717) is 0 Å². The van der Waals surface area contributed by atoms with Crippen LogP contribution in [0.5, 0.6) is 0 Å². The summed E-state index contributed by atoms with van der Waals surface area (Å²) in [7, 11) is 0. The topological polar surface area (TPSA) is 65.6 Å². The van der Waals surface area contributed by atoms with E-state index in [1.807, 2.05) is 0 Å². The van der Waals surface area contributed by atoms with E-state index in [2.05, 4.69) is 4.98 Å². The highest BCUT2D eigenvalue weighted by molar-refractivity contribution is 5.29. The second-order valence-corrected chi connectivity index (χ2v) is 2.48. The van der Waals surface area contributed by atoms with Crippen LogP contribution < -0.4 is 5.73 Å². The molecule has 1 heterocycles. The van der Waals surface area contributed by atoms with Crippen molar-refractivity contribution >= 4 is 0 Å². The van der Waals surface area contributed by atoms with Gasteiger partial charge >= 0.3 is 6.18 Å². The Hall–Kier alpha value is -1.48. The monoisotopic (exact) mass is 189 g/mol. The SMILES string of the molecule is N#Cc1cc([C@@H](N)C(F)(F)F)c[nH]1. The predicted octanol–water partition coefficient (Wildman–Crippen LogP) is 1.45. The number of aromatic amines is 1. The van der Waals surface area contributed by atoms with Crippen LogP contribution in [0.2, 0.25) is 0 Å². The lowest BCUT2D eigenvalue weighted by Gasteiger charge is -2.13. The molecular weight excluding hydrogens is 183 g/mol. The number of hydrogen-bond acceptors (Lipinski definition) is 2. The Morgan fingerprint density at radius 2 is 2.15 bits per heavy atom. The largest absolute Gasteiger partial charge is 0.407 e. The number of H-pyrrole nitrogens is 1. The second-order valence-electron chi connectivity index (χ2n) is 2.48. The molecule has 0 aliphatic rings. The summed E-state index contributed by atoms with van der Waals surface area (Å²) in [6.45, 7) is 0. The highest BCUT2D eigenvalue weighted by Crippen LogP contribution is 2.30. The Morgan fingerprint density at radius 3 is 2.54 bits per heavy atom. The number of nitriles is 1. The van der Waals surface area contributed by atoms with Gasteiger partial charge in [0.2, 0.25) is 0 Å². The molecule has 0 aromatic carbocycles. The van der Waals surface area contributed by atoms with E-state index in [9.17, 15) is 13.2 Å². The number of nitrogens with zero attached hydrogens (tertiary/aromatic N) is 1. The van der Waals surface area contributed by atoms with Crippen molar-refractivity contribution in [2.75, 3.05) is 0 Å². The number of halogens is 3. The lowest BCUT2D eigenvalue weighted by atomic mass is 10.1. The molecule has 0 saturated carbocycles. The van der Waals surface area contributed by atoms with Crippen LogP contribution in [-0.2, 0) is 0 Å². The van der Waals surface area contributed by atoms with Crippen molar-refractivity contribution in [2.45, 2.75) is 12.2 Å². The van der Waals surface area contributed by atoms with Gasteiger partial charge in [0, 0.05) is 6.20 Å². The van der Waals surface area contributed by atoms with Gasteiger partial charge in [0.25, 0.3) is 0 Å². The molecule has 70 valence electrons. The standard InChI is InChI=1S/C7H6F3N3/c8-7(9,10)6(12)4-1-5(2-11)13-3-4/h1,3,6,13H,12H2/t6-/m1/s1. The third kappa shape index (κ3) is 2.00. The summed E-state index contributed by atoms with van der Waals surface area (Å²) < 4.78 is 36.1. The van der Waals surface area contributed by atoms with E-state index < -0.39 is 12.2 Å². The van der Waals surface area contributed by atoms with E-state index in [4.69, 9.17) is 11.0 Å². The first kappa shape index (κ1) is 9.61. The van der Waals surface area contributed by atoms with E-state index in [-0.39, 0.29) is 11.3 Å². The quantitative estimate of drug-likeness (QED) is 0.702. The summed E-state index contributed by atoms with van der Waals surface area (Å²) in [6.07, 6.45) is -3.40. The number of aromatic nitrogens is 1. The second kappa shape index (κ2) is 3.11. The average Bonchev–Trinajstić information content (AvgIpc) is 2.48. The molecule has 1 rings (SSSR count). The Balaban J connectivity index is 2.91. The summed E-state index contributed by atoms with van der Waals surface area (Å²) in [4.78, 5) is 2.37. The molecule has 6 heteroatoms. The number of rotatable bonds is 1. The van der Waals surface area contributed by atoms with Crippen LogP contribution in [-0.4, -0.2) is 11.2 Å². The molecule has 0 unspecified atom stereocenters. The smallest absolute Gasteiger partial charge is 0.353 e. The molecule has 0 aliphatic heterocycles. The molecule has 0 fully saturated rings. The maximum absolute atomic E-state index is 12.0. The minimum absolute atomic E-state index is 0.0645. The maximum atomic E-state index is 12.0. The van der Waals surface area contributed by atoms with Gasteiger partial charge in [-0.1, -0.05) is 0 Å². The van der Waals surface area contributed by atoms with Gasteiger partial charge in [0.15, 0.2) is 0 Å². The van der Waals surface area contributed by atoms with Crippen molar-refractivity contribution < 1.29 is 13.2 Å². The fourth-order valence-corrected chi connectivity index (χ4v) is 0.844. The van der Waals surface area contributed by atoms with Gasteiger partial charge in [-0.05, 0) is 11.6 Å². The zero-order chi connectivity index (χ0) is 10.1. The fourth-order valence-electron chi connectivity index (χ4n) is 0.844. The van der Waals surface area contributed by atoms with E-state index in [1.165, 1.54) is 0 Å². The highest BCUT2D eigenvalue weighted by Gasteiger charge is 2.38. The summed E-state index contributed by atoms with van der Waals surface area (Å²) in [6, 6.07) is 0.720. The van der Waals surface area contributed by atoms with Crippen molar-refractivity contribution in [3.05, 3.63) is 23.5 Å². The molecule has 1 aromatic heterocycles. The summed E-state index contributed by atoms with van der Waals surface area (Å²) in [5.41, 5.74) is 4.82. The van der Waals surface area contributed by atoms with Gasteiger partial charge in [0.1, 0.15) is 17.8 Å². The molecule has 3 nitrogen and oxygen atoms in total. The van der Waals surface area contributed by atoms with Crippen molar-refractivity contribution in [1.29, 1.82) is 5.26 Å². The minimum atomic E-state index is -4.48. The lowest BCUT2D eigenvalue weighted by molar-refractivity contribution is -0.149. The zero-order valence-electron chi connectivity index (χ0n) is 6.39. The Bertz CT molecular complexity index is 333. The van der Waals surface area contributed by atoms with Crippen LogP contribution in [0.25, 0.3) is 0 Å². The van der Waals surface area contributed by atoms with Gasteiger partial charge in [-0.2, -0.15) is 18.4 Å². The Kier molecular flexibility index (Phi) is 2.30. The highest BCUT2D eigenvalue weighted by atomic mass is 19.4. The van der Waals surface area contributed by atoms with Crippen LogP contribution in [0.3, 0.4) is 0 Å². The van der Waals surface area contributed by atoms with E-state index >= 15 is 0 Å². The Morgan fingerprint density at radius 1 is 1.54 bits per heavy atom. The van der Waals surface area contributed by atoms with Crippen LogP contribution in [0.1, 0.15) is 17.3 Å². The Labute approximate surface area is 72.0 Å². The van der Waals surface area contributed by atoms with Gasteiger partial charge in [-0.15, -0.1) is 0 Å². The van der Waals surface area contributed by atoms with Crippen LogP contribution in [0.4, 0.5) is 13.2 Å². The summed E-state index contributed by atoms with van der Waals surface area (Å²) >= 11 is 0. The van der Waals surface area contributed by atoms with Crippen molar-refractivity contribution in [3.63, 3.8) is 0 Å². The van der Waals surface area contributed by atoms with Crippen molar-refractivity contribution in [3.8, 4) is 6.07 Å². The van der Waals surface area contributed by atoms with Gasteiger partial charge < -0.3 is 10.7 Å². The number of alkyl halides is 3. The third-order valence-electron chi connectivity index (χ3n) is 1.54. The lowest BCUT2D eigenvalue weighted by Crippen LogP contribution is -2.27. The maximum Gasteiger partial charge on any atom is 0.407 e. The molecule has 0 amide bonds. The molecule has 13 heavy (non-hydrogen) atoms. The van der Waals surface area contributed by atoms with Crippen molar-refractivity contribution in [1.82, 2.24) is 4.98 Å². The van der Waals surface area contributed by atoms with Gasteiger partial charge in [-0.3, -0.25) is 0 Å². The molecule has 1 aromatic rings. The third-order valence-corrected chi connectivity index (χ3v) is 1.54. The molecule has 1 atom stereocenters. The summed E-state index contributed by atoms with van der Waals surface area (Å²) in [5.74, 6) is 0. The molecular formula is C7H6F3N3. The average molecular weight is 189 g/mol. The van der Waals surface area contributed by atoms with Crippen LogP contribution in [0.15, 0.2) is 12.3 Å². The number of nitrogens with one attached hydrogen (secondary N) is 1. The number of hydrogen-bond donors (Lipinski definition) is 2. The van der Waals surface area contributed by atoms with Crippen LogP contribution in [0, 0.1) is 11.3 Å². The normalized spacial score (nSPS) is 13.8. The zero-order valence-corrected chi connectivity index (χ0v) is 6.39.